The first-order valence-corrected chi connectivity index (χ1v) is 7.94. The Balaban J connectivity index is 1.65. The molecule has 0 heterocycles. The molecular formula is C21H17NO2. The van der Waals surface area contributed by atoms with Crippen LogP contribution in [0.15, 0.2) is 72.8 Å². The van der Waals surface area contributed by atoms with E-state index >= 15 is 0 Å². The first-order valence-electron chi connectivity index (χ1n) is 7.94. The van der Waals surface area contributed by atoms with Gasteiger partial charge in [-0.15, -0.1) is 0 Å². The monoisotopic (exact) mass is 315 g/mol. The van der Waals surface area contributed by atoms with Gasteiger partial charge < -0.3 is 10.4 Å². The summed E-state index contributed by atoms with van der Waals surface area (Å²) < 4.78 is 0. The highest BCUT2D eigenvalue weighted by molar-refractivity contribution is 6.06. The number of fused-ring (bicyclic) bond motifs is 2. The van der Waals surface area contributed by atoms with E-state index in [0.29, 0.717) is 5.69 Å². The zero-order valence-electron chi connectivity index (χ0n) is 13.1. The van der Waals surface area contributed by atoms with Crippen molar-refractivity contribution in [3.8, 4) is 0 Å². The number of anilines is 1. The minimum atomic E-state index is -1.54. The van der Waals surface area contributed by atoms with E-state index in [4.69, 9.17) is 0 Å². The Kier molecular flexibility index (Phi) is 3.44. The molecule has 1 amide bonds. The molecule has 0 aliphatic heterocycles. The predicted octanol–water partition coefficient (Wildman–Crippen LogP) is 3.78. The highest BCUT2D eigenvalue weighted by Gasteiger charge is 2.36. The summed E-state index contributed by atoms with van der Waals surface area (Å²) in [4.78, 5) is 12.7. The van der Waals surface area contributed by atoms with Gasteiger partial charge in [0.2, 0.25) is 0 Å². The number of rotatable bonds is 2. The van der Waals surface area contributed by atoms with Gasteiger partial charge in [-0.25, -0.2) is 0 Å². The van der Waals surface area contributed by atoms with Crippen molar-refractivity contribution in [2.24, 2.45) is 0 Å². The molecule has 0 bridgehead atoms. The van der Waals surface area contributed by atoms with Crippen molar-refractivity contribution in [2.75, 3.05) is 5.32 Å². The van der Waals surface area contributed by atoms with Gasteiger partial charge in [-0.2, -0.15) is 0 Å². The zero-order chi connectivity index (χ0) is 16.6. The molecule has 24 heavy (non-hydrogen) atoms. The molecule has 0 spiro atoms. The first-order chi connectivity index (χ1) is 11.7. The number of amides is 1. The van der Waals surface area contributed by atoms with Gasteiger partial charge >= 0.3 is 0 Å². The summed E-state index contributed by atoms with van der Waals surface area (Å²) in [6, 6.07) is 21.4. The number of carbonyl (C=O) groups is 1. The minimum absolute atomic E-state index is 0.274. The first kappa shape index (κ1) is 14.7. The summed E-state index contributed by atoms with van der Waals surface area (Å²) in [7, 11) is 0. The van der Waals surface area contributed by atoms with Crippen LogP contribution in [0.3, 0.4) is 0 Å². The highest BCUT2D eigenvalue weighted by Crippen LogP contribution is 2.29. The third-order valence-corrected chi connectivity index (χ3v) is 4.48. The van der Waals surface area contributed by atoms with Gasteiger partial charge in [-0.05, 0) is 28.7 Å². The summed E-state index contributed by atoms with van der Waals surface area (Å²) >= 11 is 0. The Labute approximate surface area is 140 Å². The molecule has 3 aromatic carbocycles. The lowest BCUT2D eigenvalue weighted by Crippen LogP contribution is -2.44. The van der Waals surface area contributed by atoms with Crippen LogP contribution in [0.5, 0.6) is 0 Å². The molecule has 1 aliphatic rings. The van der Waals surface area contributed by atoms with Crippen molar-refractivity contribution in [3.63, 3.8) is 0 Å². The summed E-state index contributed by atoms with van der Waals surface area (Å²) in [5, 5.41) is 15.7. The maximum Gasteiger partial charge on any atom is 0.260 e. The third kappa shape index (κ3) is 2.49. The highest BCUT2D eigenvalue weighted by atomic mass is 16.3. The van der Waals surface area contributed by atoms with Crippen LogP contribution in [0.2, 0.25) is 0 Å². The van der Waals surface area contributed by atoms with Crippen LogP contribution in [0, 0.1) is 0 Å². The standard InChI is InChI=1S/C21H17NO2/c23-20(21(24)13-12-15-6-1-2-8-17(15)14-21)22-19-11-5-9-16-7-3-4-10-18(16)19/h1-13,24H,14H2,(H,22,23). The summed E-state index contributed by atoms with van der Waals surface area (Å²) in [5.74, 6) is -0.412. The number of hydrogen-bond acceptors (Lipinski definition) is 2. The van der Waals surface area contributed by atoms with Crippen molar-refractivity contribution in [1.82, 2.24) is 0 Å². The molecule has 1 unspecified atom stereocenters. The smallest absolute Gasteiger partial charge is 0.260 e. The fraction of sp³-hybridized carbons (Fsp3) is 0.0952. The number of benzene rings is 3. The lowest BCUT2D eigenvalue weighted by Gasteiger charge is -2.28. The van der Waals surface area contributed by atoms with Crippen LogP contribution in [0.4, 0.5) is 5.69 Å². The average Bonchev–Trinajstić information content (AvgIpc) is 2.62. The van der Waals surface area contributed by atoms with E-state index < -0.39 is 11.5 Å². The number of carbonyl (C=O) groups excluding carboxylic acids is 1. The summed E-state index contributed by atoms with van der Waals surface area (Å²) in [6.45, 7) is 0. The molecular weight excluding hydrogens is 298 g/mol. The van der Waals surface area contributed by atoms with Crippen molar-refractivity contribution in [1.29, 1.82) is 0 Å². The number of hydrogen-bond donors (Lipinski definition) is 2. The van der Waals surface area contributed by atoms with Crippen molar-refractivity contribution >= 4 is 28.4 Å². The van der Waals surface area contributed by atoms with Gasteiger partial charge in [-0.1, -0.05) is 66.7 Å². The molecule has 4 rings (SSSR count). The van der Waals surface area contributed by atoms with Crippen LogP contribution in [0.1, 0.15) is 11.1 Å². The fourth-order valence-corrected chi connectivity index (χ4v) is 3.16. The van der Waals surface area contributed by atoms with Crippen LogP contribution < -0.4 is 5.32 Å². The quantitative estimate of drug-likeness (QED) is 0.756. The zero-order valence-corrected chi connectivity index (χ0v) is 13.1. The van der Waals surface area contributed by atoms with Crippen molar-refractivity contribution < 1.29 is 9.90 Å². The molecule has 2 N–H and O–H groups in total. The lowest BCUT2D eigenvalue weighted by molar-refractivity contribution is -0.129. The molecule has 0 aromatic heterocycles. The maximum atomic E-state index is 12.7. The Hall–Kier alpha value is -2.91. The maximum absolute atomic E-state index is 12.7. The van der Waals surface area contributed by atoms with E-state index in [9.17, 15) is 9.90 Å². The second kappa shape index (κ2) is 5.62. The van der Waals surface area contributed by atoms with Gasteiger partial charge in [-0.3, -0.25) is 4.79 Å². The van der Waals surface area contributed by atoms with E-state index in [1.165, 1.54) is 0 Å². The molecule has 0 radical (unpaired) electrons. The van der Waals surface area contributed by atoms with Gasteiger partial charge in [0.1, 0.15) is 0 Å². The molecule has 3 heteroatoms. The predicted molar refractivity (Wildman–Crippen MR) is 96.7 cm³/mol. The fourth-order valence-electron chi connectivity index (χ4n) is 3.16. The second-order valence-electron chi connectivity index (χ2n) is 6.11. The Morgan fingerprint density at radius 1 is 0.958 bits per heavy atom. The van der Waals surface area contributed by atoms with Crippen LogP contribution in [0.25, 0.3) is 16.8 Å². The lowest BCUT2D eigenvalue weighted by atomic mass is 9.85. The Morgan fingerprint density at radius 3 is 2.62 bits per heavy atom. The van der Waals surface area contributed by atoms with Gasteiger partial charge in [0, 0.05) is 17.5 Å². The molecule has 0 saturated heterocycles. The molecule has 1 aliphatic carbocycles. The Bertz CT molecular complexity index is 955. The molecule has 3 nitrogen and oxygen atoms in total. The van der Waals surface area contributed by atoms with E-state index in [1.807, 2.05) is 72.8 Å². The average molecular weight is 315 g/mol. The van der Waals surface area contributed by atoms with E-state index in [-0.39, 0.29) is 6.42 Å². The number of aliphatic hydroxyl groups is 1. The molecule has 0 fully saturated rings. The van der Waals surface area contributed by atoms with Crippen LogP contribution in [-0.2, 0) is 11.2 Å². The van der Waals surface area contributed by atoms with Gasteiger partial charge in [0.15, 0.2) is 5.60 Å². The molecule has 3 aromatic rings. The van der Waals surface area contributed by atoms with Crippen LogP contribution >= 0.6 is 0 Å². The van der Waals surface area contributed by atoms with E-state index in [0.717, 1.165) is 21.9 Å². The van der Waals surface area contributed by atoms with E-state index in [2.05, 4.69) is 5.32 Å². The van der Waals surface area contributed by atoms with E-state index in [1.54, 1.807) is 6.08 Å². The van der Waals surface area contributed by atoms with Gasteiger partial charge in [0.05, 0.1) is 0 Å². The molecule has 1 atom stereocenters. The minimum Gasteiger partial charge on any atom is -0.375 e. The molecule has 0 saturated carbocycles. The van der Waals surface area contributed by atoms with Gasteiger partial charge in [0.25, 0.3) is 5.91 Å². The largest absolute Gasteiger partial charge is 0.375 e. The van der Waals surface area contributed by atoms with Crippen LogP contribution in [-0.4, -0.2) is 16.6 Å². The normalized spacial score (nSPS) is 19.0. The number of nitrogens with one attached hydrogen (secondary N) is 1. The second-order valence-corrected chi connectivity index (χ2v) is 6.11. The van der Waals surface area contributed by atoms with Crippen molar-refractivity contribution in [2.45, 2.75) is 12.0 Å². The molecule has 118 valence electrons. The SMILES string of the molecule is O=C(Nc1cccc2ccccc12)C1(O)C=Cc2ccccc2C1. The topological polar surface area (TPSA) is 49.3 Å². The summed E-state index contributed by atoms with van der Waals surface area (Å²) in [5.41, 5.74) is 1.18. The summed E-state index contributed by atoms with van der Waals surface area (Å²) in [6.07, 6.45) is 3.66. The Morgan fingerprint density at radius 2 is 1.71 bits per heavy atom. The third-order valence-electron chi connectivity index (χ3n) is 4.48. The van der Waals surface area contributed by atoms with Crippen molar-refractivity contribution in [3.05, 3.63) is 83.9 Å².